The van der Waals surface area contributed by atoms with Crippen LogP contribution in [0.5, 0.6) is 0 Å². The van der Waals surface area contributed by atoms with Crippen molar-refractivity contribution in [2.24, 2.45) is 0 Å². The highest BCUT2D eigenvalue weighted by Gasteiger charge is 2.31. The Kier molecular flexibility index (Phi) is 4.27. The largest absolute Gasteiger partial charge is 0.368 e. The lowest BCUT2D eigenvalue weighted by molar-refractivity contribution is -0.142. The van der Waals surface area contributed by atoms with Gasteiger partial charge in [0.25, 0.3) is 11.8 Å². The Hall–Kier alpha value is -1.88. The van der Waals surface area contributed by atoms with E-state index in [0.29, 0.717) is 32.8 Å². The molecule has 5 heteroatoms. The van der Waals surface area contributed by atoms with E-state index in [1.54, 1.807) is 0 Å². The van der Waals surface area contributed by atoms with Crippen LogP contribution in [-0.4, -0.2) is 60.5 Å². The Morgan fingerprint density at radius 2 is 1.71 bits per heavy atom. The number of benzene rings is 1. The minimum absolute atomic E-state index is 0.0916. The van der Waals surface area contributed by atoms with E-state index in [0.717, 1.165) is 31.2 Å². The van der Waals surface area contributed by atoms with Crippen molar-refractivity contribution in [1.29, 1.82) is 0 Å². The molecule has 128 valence electrons. The molecule has 24 heavy (non-hydrogen) atoms. The van der Waals surface area contributed by atoms with Crippen molar-refractivity contribution in [3.63, 3.8) is 0 Å². The van der Waals surface area contributed by atoms with Gasteiger partial charge in [-0.25, -0.2) is 0 Å². The van der Waals surface area contributed by atoms with Crippen LogP contribution in [0, 0.1) is 0 Å². The van der Waals surface area contributed by atoms with Crippen LogP contribution < -0.4 is 0 Å². The number of piperazine rings is 1. The molecule has 2 fully saturated rings. The number of carbonyl (C=O) groups excluding carboxylic acids is 2. The Morgan fingerprint density at radius 3 is 2.46 bits per heavy atom. The van der Waals surface area contributed by atoms with E-state index in [1.165, 1.54) is 17.5 Å². The second-order valence-electron chi connectivity index (χ2n) is 6.96. The predicted octanol–water partition coefficient (Wildman–Crippen LogP) is 1.64. The molecule has 0 N–H and O–H groups in total. The maximum atomic E-state index is 12.7. The molecule has 1 aliphatic carbocycles. The number of hydrogen-bond acceptors (Lipinski definition) is 3. The smallest absolute Gasteiger partial charge is 0.253 e. The summed E-state index contributed by atoms with van der Waals surface area (Å²) in [4.78, 5) is 28.8. The van der Waals surface area contributed by atoms with E-state index in [1.807, 2.05) is 15.9 Å². The standard InChI is InChI=1S/C19H24N2O3/c22-18(16-7-6-14-3-1-4-15(14)13-16)20-8-10-21(11-9-20)19(23)17-5-2-12-24-17/h6-7,13,17H,1-5,8-12H2. The number of amides is 2. The lowest BCUT2D eigenvalue weighted by Gasteiger charge is -2.35. The number of rotatable bonds is 2. The summed E-state index contributed by atoms with van der Waals surface area (Å²) >= 11 is 0. The maximum absolute atomic E-state index is 12.7. The minimum atomic E-state index is -0.260. The third kappa shape index (κ3) is 2.93. The highest BCUT2D eigenvalue weighted by molar-refractivity contribution is 5.94. The molecule has 0 radical (unpaired) electrons. The first kappa shape index (κ1) is 15.6. The third-order valence-electron chi connectivity index (χ3n) is 5.43. The molecule has 1 aromatic carbocycles. The molecule has 4 rings (SSSR count). The molecule has 2 heterocycles. The third-order valence-corrected chi connectivity index (χ3v) is 5.43. The van der Waals surface area contributed by atoms with Crippen molar-refractivity contribution in [2.45, 2.75) is 38.2 Å². The molecular weight excluding hydrogens is 304 g/mol. The zero-order valence-corrected chi connectivity index (χ0v) is 14.0. The lowest BCUT2D eigenvalue weighted by atomic mass is 10.1. The van der Waals surface area contributed by atoms with Crippen molar-refractivity contribution in [1.82, 2.24) is 9.80 Å². The van der Waals surface area contributed by atoms with E-state index in [4.69, 9.17) is 4.74 Å². The van der Waals surface area contributed by atoms with Gasteiger partial charge < -0.3 is 14.5 Å². The molecule has 0 spiro atoms. The maximum Gasteiger partial charge on any atom is 0.253 e. The molecule has 1 atom stereocenters. The topological polar surface area (TPSA) is 49.9 Å². The molecule has 1 aromatic rings. The van der Waals surface area contributed by atoms with Crippen molar-refractivity contribution < 1.29 is 14.3 Å². The molecule has 2 amide bonds. The zero-order chi connectivity index (χ0) is 16.5. The van der Waals surface area contributed by atoms with Gasteiger partial charge in [0.1, 0.15) is 6.10 Å². The quantitative estimate of drug-likeness (QED) is 0.829. The molecule has 0 bridgehead atoms. The summed E-state index contributed by atoms with van der Waals surface area (Å²) in [7, 11) is 0. The van der Waals surface area contributed by atoms with Gasteiger partial charge in [0.2, 0.25) is 0 Å². The Morgan fingerprint density at radius 1 is 0.958 bits per heavy atom. The van der Waals surface area contributed by atoms with Gasteiger partial charge in [-0.2, -0.15) is 0 Å². The Labute approximate surface area is 142 Å². The first-order chi connectivity index (χ1) is 11.7. The molecule has 2 aliphatic heterocycles. The van der Waals surface area contributed by atoms with Gasteiger partial charge >= 0.3 is 0 Å². The number of ether oxygens (including phenoxy) is 1. The minimum Gasteiger partial charge on any atom is -0.368 e. The van der Waals surface area contributed by atoms with Crippen molar-refractivity contribution in [3.8, 4) is 0 Å². The SMILES string of the molecule is O=C(c1ccc2c(c1)CCC2)N1CCN(C(=O)C2CCCO2)CC1. The monoisotopic (exact) mass is 328 g/mol. The van der Waals surface area contributed by atoms with Crippen LogP contribution >= 0.6 is 0 Å². The molecule has 3 aliphatic rings. The average Bonchev–Trinajstić information content (AvgIpc) is 3.31. The second kappa shape index (κ2) is 6.55. The van der Waals surface area contributed by atoms with E-state index >= 15 is 0 Å². The number of aryl methyl sites for hydroxylation is 2. The van der Waals surface area contributed by atoms with Crippen LogP contribution in [0.25, 0.3) is 0 Å². The van der Waals surface area contributed by atoms with Crippen LogP contribution in [0.1, 0.15) is 40.7 Å². The molecule has 2 saturated heterocycles. The van der Waals surface area contributed by atoms with Crippen LogP contribution in [0.15, 0.2) is 18.2 Å². The fourth-order valence-electron chi connectivity index (χ4n) is 3.99. The van der Waals surface area contributed by atoms with Crippen molar-refractivity contribution in [3.05, 3.63) is 34.9 Å². The molecule has 0 saturated carbocycles. The van der Waals surface area contributed by atoms with Gasteiger partial charge in [-0.1, -0.05) is 6.07 Å². The van der Waals surface area contributed by atoms with Crippen LogP contribution in [-0.2, 0) is 22.4 Å². The Balaban J connectivity index is 1.37. The van der Waals surface area contributed by atoms with Gasteiger partial charge in [0, 0.05) is 38.3 Å². The van der Waals surface area contributed by atoms with Crippen LogP contribution in [0.2, 0.25) is 0 Å². The summed E-state index contributed by atoms with van der Waals surface area (Å²) in [6, 6.07) is 6.12. The van der Waals surface area contributed by atoms with Crippen LogP contribution in [0.3, 0.4) is 0 Å². The summed E-state index contributed by atoms with van der Waals surface area (Å²) in [6.45, 7) is 3.11. The fraction of sp³-hybridized carbons (Fsp3) is 0.579. The molecule has 1 unspecified atom stereocenters. The predicted molar refractivity (Wildman–Crippen MR) is 89.9 cm³/mol. The van der Waals surface area contributed by atoms with Crippen molar-refractivity contribution in [2.75, 3.05) is 32.8 Å². The fourth-order valence-corrected chi connectivity index (χ4v) is 3.99. The van der Waals surface area contributed by atoms with E-state index in [-0.39, 0.29) is 17.9 Å². The summed E-state index contributed by atoms with van der Waals surface area (Å²) in [5.41, 5.74) is 3.50. The van der Waals surface area contributed by atoms with Gasteiger partial charge in [-0.05, 0) is 55.4 Å². The van der Waals surface area contributed by atoms with E-state index in [9.17, 15) is 9.59 Å². The molecular formula is C19H24N2O3. The Bertz CT molecular complexity index is 644. The average molecular weight is 328 g/mol. The number of carbonyl (C=O) groups is 2. The number of fused-ring (bicyclic) bond motifs is 1. The van der Waals surface area contributed by atoms with Crippen molar-refractivity contribution >= 4 is 11.8 Å². The van der Waals surface area contributed by atoms with Gasteiger partial charge in [0.05, 0.1) is 0 Å². The van der Waals surface area contributed by atoms with Gasteiger partial charge in [-0.3, -0.25) is 9.59 Å². The van der Waals surface area contributed by atoms with E-state index in [2.05, 4.69) is 12.1 Å². The highest BCUT2D eigenvalue weighted by atomic mass is 16.5. The zero-order valence-electron chi connectivity index (χ0n) is 14.0. The van der Waals surface area contributed by atoms with E-state index < -0.39 is 0 Å². The highest BCUT2D eigenvalue weighted by Crippen LogP contribution is 2.24. The van der Waals surface area contributed by atoms with Gasteiger partial charge in [0.15, 0.2) is 0 Å². The summed E-state index contributed by atoms with van der Waals surface area (Å²) in [5, 5.41) is 0. The molecule has 0 aromatic heterocycles. The summed E-state index contributed by atoms with van der Waals surface area (Å²) in [6.07, 6.45) is 4.94. The summed E-state index contributed by atoms with van der Waals surface area (Å²) < 4.78 is 5.48. The lowest BCUT2D eigenvalue weighted by Crippen LogP contribution is -2.52. The van der Waals surface area contributed by atoms with Gasteiger partial charge in [-0.15, -0.1) is 0 Å². The number of nitrogens with zero attached hydrogens (tertiary/aromatic N) is 2. The van der Waals surface area contributed by atoms with Crippen LogP contribution in [0.4, 0.5) is 0 Å². The first-order valence-electron chi connectivity index (χ1n) is 9.04. The molecule has 5 nitrogen and oxygen atoms in total. The first-order valence-corrected chi connectivity index (χ1v) is 9.04. The summed E-state index contributed by atoms with van der Waals surface area (Å²) in [5.74, 6) is 0.186. The number of hydrogen-bond donors (Lipinski definition) is 0. The second-order valence-corrected chi connectivity index (χ2v) is 6.96. The normalized spacial score (nSPS) is 23.4.